The van der Waals surface area contributed by atoms with Crippen molar-refractivity contribution in [1.82, 2.24) is 5.32 Å². The van der Waals surface area contributed by atoms with Crippen LogP contribution in [0.3, 0.4) is 0 Å². The van der Waals surface area contributed by atoms with Crippen molar-refractivity contribution in [2.24, 2.45) is 0 Å². The van der Waals surface area contributed by atoms with E-state index in [1.54, 1.807) is 0 Å². The summed E-state index contributed by atoms with van der Waals surface area (Å²) in [5, 5.41) is 3.13. The highest BCUT2D eigenvalue weighted by Crippen LogP contribution is 2.12. The minimum absolute atomic E-state index is 0.909. The average Bonchev–Trinajstić information content (AvgIpc) is 2.05. The summed E-state index contributed by atoms with van der Waals surface area (Å²) in [5.41, 5.74) is 2.53. The fourth-order valence-corrected chi connectivity index (χ4v) is 1.10. The third kappa shape index (κ3) is 0.798. The smallest absolute Gasteiger partial charge is 0.0407 e. The predicted molar refractivity (Wildman–Crippen MR) is 41.2 cm³/mol. The quantitative estimate of drug-likeness (QED) is 0.562. The van der Waals surface area contributed by atoms with Crippen LogP contribution in [0.1, 0.15) is 11.1 Å². The molecular weight excluding hydrogens is 122 g/mol. The molecule has 0 saturated carbocycles. The van der Waals surface area contributed by atoms with Crippen LogP contribution in [-0.4, -0.2) is 0 Å². The van der Waals surface area contributed by atoms with Gasteiger partial charge in [-0.1, -0.05) is 18.2 Å². The average molecular weight is 130 g/mol. The van der Waals surface area contributed by atoms with Gasteiger partial charge in [0.05, 0.1) is 0 Å². The lowest BCUT2D eigenvalue weighted by molar-refractivity contribution is 0.857. The molecule has 0 spiro atoms. The van der Waals surface area contributed by atoms with Crippen molar-refractivity contribution < 1.29 is 0 Å². The van der Waals surface area contributed by atoms with E-state index in [-0.39, 0.29) is 0 Å². The van der Waals surface area contributed by atoms with E-state index in [4.69, 9.17) is 0 Å². The second kappa shape index (κ2) is 2.18. The first-order valence-electron chi connectivity index (χ1n) is 3.36. The van der Waals surface area contributed by atoms with Crippen LogP contribution in [0.5, 0.6) is 0 Å². The molecule has 1 aromatic rings. The Labute approximate surface area is 60.4 Å². The van der Waals surface area contributed by atoms with Crippen LogP contribution in [0.2, 0.25) is 0 Å². The standard InChI is InChI=1S/C9H8N/c1-2-4-9-7-10-6-5-8(9)3-1/h1-3,5-6,10H,7H2. The molecule has 2 rings (SSSR count). The molecule has 1 aliphatic rings. The lowest BCUT2D eigenvalue weighted by Crippen LogP contribution is -2.09. The van der Waals surface area contributed by atoms with Crippen molar-refractivity contribution in [3.8, 4) is 0 Å². The molecule has 49 valence electrons. The monoisotopic (exact) mass is 130 g/mol. The van der Waals surface area contributed by atoms with E-state index in [0.29, 0.717) is 0 Å². The Hall–Kier alpha value is -1.24. The van der Waals surface area contributed by atoms with Gasteiger partial charge in [0.1, 0.15) is 0 Å². The summed E-state index contributed by atoms with van der Waals surface area (Å²) in [7, 11) is 0. The minimum Gasteiger partial charge on any atom is -0.387 e. The third-order valence-corrected chi connectivity index (χ3v) is 1.64. The second-order valence-corrected chi connectivity index (χ2v) is 2.32. The zero-order valence-electron chi connectivity index (χ0n) is 5.59. The largest absolute Gasteiger partial charge is 0.387 e. The van der Waals surface area contributed by atoms with E-state index < -0.39 is 0 Å². The van der Waals surface area contributed by atoms with Crippen LogP contribution in [0, 0.1) is 6.07 Å². The van der Waals surface area contributed by atoms with Gasteiger partial charge in [-0.15, -0.1) is 0 Å². The minimum atomic E-state index is 0.909. The molecule has 0 saturated heterocycles. The molecule has 1 N–H and O–H groups in total. The maximum atomic E-state index is 3.18. The molecule has 1 heteroatoms. The summed E-state index contributed by atoms with van der Waals surface area (Å²) in [5.74, 6) is 0. The summed E-state index contributed by atoms with van der Waals surface area (Å²) in [4.78, 5) is 0. The van der Waals surface area contributed by atoms with E-state index >= 15 is 0 Å². The van der Waals surface area contributed by atoms with Crippen molar-refractivity contribution in [2.45, 2.75) is 6.54 Å². The number of fused-ring (bicyclic) bond motifs is 1. The van der Waals surface area contributed by atoms with Gasteiger partial charge in [0, 0.05) is 6.54 Å². The zero-order valence-corrected chi connectivity index (χ0v) is 5.59. The van der Waals surface area contributed by atoms with Gasteiger partial charge < -0.3 is 5.32 Å². The van der Waals surface area contributed by atoms with Gasteiger partial charge in [-0.2, -0.15) is 0 Å². The Balaban J connectivity index is 2.54. The fraction of sp³-hybridized carbons (Fsp3) is 0.111. The van der Waals surface area contributed by atoms with E-state index in [0.717, 1.165) is 6.54 Å². The summed E-state index contributed by atoms with van der Waals surface area (Å²) < 4.78 is 0. The van der Waals surface area contributed by atoms with Crippen molar-refractivity contribution in [3.05, 3.63) is 41.6 Å². The molecular formula is C9H8N. The molecule has 0 amide bonds. The van der Waals surface area contributed by atoms with Crippen molar-refractivity contribution in [2.75, 3.05) is 0 Å². The van der Waals surface area contributed by atoms with Crippen LogP contribution in [0.15, 0.2) is 24.4 Å². The second-order valence-electron chi connectivity index (χ2n) is 2.32. The van der Waals surface area contributed by atoms with Crippen molar-refractivity contribution in [1.29, 1.82) is 0 Å². The van der Waals surface area contributed by atoms with Gasteiger partial charge in [-0.05, 0) is 29.5 Å². The number of benzene rings is 1. The van der Waals surface area contributed by atoms with Gasteiger partial charge in [0.2, 0.25) is 0 Å². The molecule has 1 nitrogen and oxygen atoms in total. The normalized spacial score (nSPS) is 14.0. The number of hydrogen-bond donors (Lipinski definition) is 1. The summed E-state index contributed by atoms with van der Waals surface area (Å²) >= 11 is 0. The van der Waals surface area contributed by atoms with Gasteiger partial charge in [0.15, 0.2) is 0 Å². The Morgan fingerprint density at radius 3 is 3.40 bits per heavy atom. The highest BCUT2D eigenvalue weighted by Gasteiger charge is 1.99. The Bertz CT molecular complexity index is 263. The van der Waals surface area contributed by atoms with E-state index in [1.807, 2.05) is 18.3 Å². The van der Waals surface area contributed by atoms with Crippen LogP contribution in [0.25, 0.3) is 6.08 Å². The fourth-order valence-electron chi connectivity index (χ4n) is 1.10. The maximum absolute atomic E-state index is 3.18. The van der Waals surface area contributed by atoms with Gasteiger partial charge >= 0.3 is 0 Å². The zero-order chi connectivity index (χ0) is 6.81. The number of rotatable bonds is 0. The van der Waals surface area contributed by atoms with E-state index in [2.05, 4.69) is 23.5 Å². The molecule has 1 aliphatic heterocycles. The van der Waals surface area contributed by atoms with Gasteiger partial charge in [0.25, 0.3) is 0 Å². The Morgan fingerprint density at radius 1 is 1.50 bits per heavy atom. The molecule has 0 aromatic heterocycles. The molecule has 0 bridgehead atoms. The van der Waals surface area contributed by atoms with Crippen LogP contribution in [-0.2, 0) is 6.54 Å². The van der Waals surface area contributed by atoms with Crippen molar-refractivity contribution in [3.63, 3.8) is 0 Å². The number of nitrogens with one attached hydrogen (secondary N) is 1. The molecule has 1 heterocycles. The van der Waals surface area contributed by atoms with E-state index in [1.165, 1.54) is 11.1 Å². The topological polar surface area (TPSA) is 12.0 Å². The SMILES string of the molecule is [c]1cccc2c1CNC=C2. The van der Waals surface area contributed by atoms with Crippen LogP contribution in [0.4, 0.5) is 0 Å². The maximum Gasteiger partial charge on any atom is 0.0407 e. The highest BCUT2D eigenvalue weighted by molar-refractivity contribution is 5.54. The van der Waals surface area contributed by atoms with Crippen LogP contribution >= 0.6 is 0 Å². The summed E-state index contributed by atoms with van der Waals surface area (Å²) in [6.45, 7) is 0.909. The van der Waals surface area contributed by atoms with Gasteiger partial charge in [-0.3, -0.25) is 0 Å². The summed E-state index contributed by atoms with van der Waals surface area (Å²) in [6.07, 6.45) is 4.03. The van der Waals surface area contributed by atoms with E-state index in [9.17, 15) is 0 Å². The first-order valence-corrected chi connectivity index (χ1v) is 3.36. The highest BCUT2D eigenvalue weighted by atomic mass is 14.8. The first kappa shape index (κ1) is 5.54. The first-order chi connectivity index (χ1) is 4.97. The molecule has 1 radical (unpaired) electrons. The molecule has 0 unspecified atom stereocenters. The number of hydrogen-bond acceptors (Lipinski definition) is 1. The molecule has 0 fully saturated rings. The predicted octanol–water partition coefficient (Wildman–Crippen LogP) is 1.56. The lowest BCUT2D eigenvalue weighted by Gasteiger charge is -2.09. The molecule has 10 heavy (non-hydrogen) atoms. The summed E-state index contributed by atoms with van der Waals surface area (Å²) in [6, 6.07) is 9.23. The Morgan fingerprint density at radius 2 is 2.50 bits per heavy atom. The third-order valence-electron chi connectivity index (χ3n) is 1.64. The Kier molecular flexibility index (Phi) is 1.21. The molecule has 0 atom stereocenters. The van der Waals surface area contributed by atoms with Gasteiger partial charge in [-0.25, -0.2) is 0 Å². The van der Waals surface area contributed by atoms with Crippen LogP contribution < -0.4 is 5.32 Å². The lowest BCUT2D eigenvalue weighted by atomic mass is 10.1. The molecule has 0 aliphatic carbocycles. The molecule has 1 aromatic carbocycles. The van der Waals surface area contributed by atoms with Crippen molar-refractivity contribution >= 4 is 6.08 Å².